The summed E-state index contributed by atoms with van der Waals surface area (Å²) < 4.78 is 1.76. The summed E-state index contributed by atoms with van der Waals surface area (Å²) in [5.41, 5.74) is 6.24. The second-order valence-electron chi connectivity index (χ2n) is 9.39. The maximum absolute atomic E-state index is 12.0. The van der Waals surface area contributed by atoms with Crippen molar-refractivity contribution in [3.05, 3.63) is 71.9 Å². The number of carbonyl (C=O) groups excluding carboxylic acids is 1. The number of amides is 1. The number of benzene rings is 2. The van der Waals surface area contributed by atoms with E-state index in [0.717, 1.165) is 33.5 Å². The molecule has 0 aliphatic carbocycles. The number of hydrogen-bond donors (Lipinski definition) is 3. The van der Waals surface area contributed by atoms with E-state index in [2.05, 4.69) is 71.0 Å². The van der Waals surface area contributed by atoms with Crippen LogP contribution in [0.5, 0.6) is 0 Å². The lowest BCUT2D eigenvalue weighted by molar-refractivity contribution is -0.120. The Bertz CT molecular complexity index is 1530. The predicted molar refractivity (Wildman–Crippen MR) is 141 cm³/mol. The average molecular weight is 481 g/mol. The molecule has 0 spiro atoms. The summed E-state index contributed by atoms with van der Waals surface area (Å²) in [4.78, 5) is 27.1. The third-order valence-electron chi connectivity index (χ3n) is 6.60. The SMILES string of the molecule is CC(C)c1cnn2c(NCc3ccccc3-c3cc4ccccc4[nH]3)nc(N3CCNC(=O)C3)nc12. The normalized spacial score (nSPS) is 14.1. The standard InChI is InChI=1S/C27H28N8O/c1-17(2)21-15-30-35-25(21)32-27(34-12-11-28-24(36)16-34)33-26(35)29-14-19-8-3-5-9-20(19)23-13-18-7-4-6-10-22(18)31-23/h3-10,13,15,17,31H,11-12,14,16H2,1-2H3,(H,28,36)(H,29,32,33). The third-order valence-corrected chi connectivity index (χ3v) is 6.60. The van der Waals surface area contributed by atoms with Crippen LogP contribution in [0.25, 0.3) is 27.8 Å². The number of rotatable bonds is 6. The van der Waals surface area contributed by atoms with E-state index in [0.29, 0.717) is 31.5 Å². The van der Waals surface area contributed by atoms with Crippen molar-refractivity contribution in [2.45, 2.75) is 26.3 Å². The van der Waals surface area contributed by atoms with Crippen molar-refractivity contribution in [3.63, 3.8) is 0 Å². The van der Waals surface area contributed by atoms with Crippen molar-refractivity contribution in [3.8, 4) is 11.3 Å². The first-order chi connectivity index (χ1) is 17.6. The highest BCUT2D eigenvalue weighted by Gasteiger charge is 2.22. The Balaban J connectivity index is 1.36. The highest BCUT2D eigenvalue weighted by atomic mass is 16.2. The maximum atomic E-state index is 12.0. The fourth-order valence-electron chi connectivity index (χ4n) is 4.69. The average Bonchev–Trinajstić information content (AvgIpc) is 3.52. The fraction of sp³-hybridized carbons (Fsp3) is 0.259. The van der Waals surface area contributed by atoms with Crippen LogP contribution in [0, 0.1) is 0 Å². The Morgan fingerprint density at radius 1 is 1.08 bits per heavy atom. The number of carbonyl (C=O) groups is 1. The van der Waals surface area contributed by atoms with E-state index in [-0.39, 0.29) is 18.4 Å². The van der Waals surface area contributed by atoms with Gasteiger partial charge >= 0.3 is 0 Å². The highest BCUT2D eigenvalue weighted by molar-refractivity contribution is 5.86. The summed E-state index contributed by atoms with van der Waals surface area (Å²) in [6.07, 6.45) is 1.85. The van der Waals surface area contributed by atoms with Gasteiger partial charge in [0, 0.05) is 47.4 Å². The van der Waals surface area contributed by atoms with Crippen LogP contribution < -0.4 is 15.5 Å². The quantitative estimate of drug-likeness (QED) is 0.340. The minimum Gasteiger partial charge on any atom is -0.355 e. The third kappa shape index (κ3) is 4.02. The highest BCUT2D eigenvalue weighted by Crippen LogP contribution is 2.28. The minimum atomic E-state index is -0.0240. The monoisotopic (exact) mass is 480 g/mol. The second-order valence-corrected chi connectivity index (χ2v) is 9.39. The van der Waals surface area contributed by atoms with Gasteiger partial charge in [-0.15, -0.1) is 0 Å². The molecule has 9 heteroatoms. The zero-order chi connectivity index (χ0) is 24.6. The van der Waals surface area contributed by atoms with E-state index in [1.54, 1.807) is 4.52 Å². The van der Waals surface area contributed by atoms with E-state index in [1.807, 2.05) is 29.3 Å². The van der Waals surface area contributed by atoms with Gasteiger partial charge < -0.3 is 20.5 Å². The number of aromatic amines is 1. The molecule has 182 valence electrons. The van der Waals surface area contributed by atoms with E-state index in [4.69, 9.17) is 9.97 Å². The van der Waals surface area contributed by atoms with Gasteiger partial charge in [0.2, 0.25) is 17.8 Å². The van der Waals surface area contributed by atoms with Crippen LogP contribution in [-0.2, 0) is 11.3 Å². The first-order valence-corrected chi connectivity index (χ1v) is 12.2. The molecule has 0 bridgehead atoms. The second kappa shape index (κ2) is 8.99. The van der Waals surface area contributed by atoms with Gasteiger partial charge in [-0.1, -0.05) is 56.3 Å². The van der Waals surface area contributed by atoms with Gasteiger partial charge in [-0.05, 0) is 23.6 Å². The smallest absolute Gasteiger partial charge is 0.239 e. The molecule has 5 aromatic rings. The molecular weight excluding hydrogens is 452 g/mol. The lowest BCUT2D eigenvalue weighted by Crippen LogP contribution is -2.48. The molecule has 0 radical (unpaired) electrons. The molecule has 1 saturated heterocycles. The molecule has 36 heavy (non-hydrogen) atoms. The van der Waals surface area contributed by atoms with Crippen molar-refractivity contribution in [2.24, 2.45) is 0 Å². The topological polar surface area (TPSA) is 103 Å². The van der Waals surface area contributed by atoms with Crippen LogP contribution in [0.2, 0.25) is 0 Å². The van der Waals surface area contributed by atoms with Crippen LogP contribution in [0.3, 0.4) is 0 Å². The van der Waals surface area contributed by atoms with Crippen molar-refractivity contribution in [1.82, 2.24) is 29.9 Å². The Hall–Kier alpha value is -4.40. The van der Waals surface area contributed by atoms with E-state index in [1.165, 1.54) is 5.39 Å². The van der Waals surface area contributed by atoms with Gasteiger partial charge in [0.25, 0.3) is 0 Å². The molecule has 0 unspecified atom stereocenters. The minimum absolute atomic E-state index is 0.0240. The lowest BCUT2D eigenvalue weighted by Gasteiger charge is -2.27. The van der Waals surface area contributed by atoms with Crippen molar-refractivity contribution < 1.29 is 4.79 Å². The van der Waals surface area contributed by atoms with Crippen LogP contribution in [0.4, 0.5) is 11.9 Å². The Morgan fingerprint density at radius 2 is 1.92 bits per heavy atom. The van der Waals surface area contributed by atoms with Crippen LogP contribution in [-0.4, -0.2) is 50.1 Å². The first-order valence-electron chi connectivity index (χ1n) is 12.2. The maximum Gasteiger partial charge on any atom is 0.239 e. The number of nitrogens with one attached hydrogen (secondary N) is 3. The number of hydrogen-bond acceptors (Lipinski definition) is 6. The number of piperazine rings is 1. The molecule has 1 aliphatic rings. The predicted octanol–water partition coefficient (Wildman–Crippen LogP) is 3.94. The Kier molecular flexibility index (Phi) is 5.52. The van der Waals surface area contributed by atoms with Gasteiger partial charge in [0.05, 0.1) is 12.7 Å². The molecular formula is C27H28N8O. The van der Waals surface area contributed by atoms with Gasteiger partial charge in [-0.2, -0.15) is 19.6 Å². The zero-order valence-electron chi connectivity index (χ0n) is 20.3. The number of H-pyrrole nitrogens is 1. The lowest BCUT2D eigenvalue weighted by atomic mass is 10.0. The molecule has 3 N–H and O–H groups in total. The fourth-order valence-corrected chi connectivity index (χ4v) is 4.69. The number of nitrogens with zero attached hydrogens (tertiary/aromatic N) is 5. The molecule has 6 rings (SSSR count). The largest absolute Gasteiger partial charge is 0.355 e. The molecule has 1 fully saturated rings. The van der Waals surface area contributed by atoms with Crippen LogP contribution in [0.15, 0.2) is 60.8 Å². The summed E-state index contributed by atoms with van der Waals surface area (Å²) in [5, 5.41) is 12.1. The van der Waals surface area contributed by atoms with Gasteiger partial charge in [-0.25, -0.2) is 0 Å². The summed E-state index contributed by atoms with van der Waals surface area (Å²) >= 11 is 0. The Morgan fingerprint density at radius 3 is 2.75 bits per heavy atom. The molecule has 0 atom stereocenters. The van der Waals surface area contributed by atoms with Crippen molar-refractivity contribution in [1.29, 1.82) is 0 Å². The van der Waals surface area contributed by atoms with Crippen LogP contribution >= 0.6 is 0 Å². The van der Waals surface area contributed by atoms with Gasteiger partial charge in [0.15, 0.2) is 5.65 Å². The first kappa shape index (κ1) is 22.1. The van der Waals surface area contributed by atoms with Gasteiger partial charge in [-0.3, -0.25) is 4.79 Å². The van der Waals surface area contributed by atoms with Crippen molar-refractivity contribution in [2.75, 3.05) is 29.9 Å². The van der Waals surface area contributed by atoms with Gasteiger partial charge in [0.1, 0.15) is 0 Å². The molecule has 4 heterocycles. The summed E-state index contributed by atoms with van der Waals surface area (Å²) in [6, 6.07) is 18.8. The number of anilines is 2. The molecule has 1 amide bonds. The summed E-state index contributed by atoms with van der Waals surface area (Å²) in [6.45, 7) is 6.27. The summed E-state index contributed by atoms with van der Waals surface area (Å²) in [5.74, 6) is 1.36. The van der Waals surface area contributed by atoms with E-state index in [9.17, 15) is 4.79 Å². The molecule has 3 aromatic heterocycles. The van der Waals surface area contributed by atoms with E-state index >= 15 is 0 Å². The molecule has 9 nitrogen and oxygen atoms in total. The molecule has 2 aromatic carbocycles. The molecule has 1 aliphatic heterocycles. The van der Waals surface area contributed by atoms with E-state index < -0.39 is 0 Å². The van der Waals surface area contributed by atoms with Crippen LogP contribution in [0.1, 0.15) is 30.9 Å². The molecule has 0 saturated carbocycles. The number of fused-ring (bicyclic) bond motifs is 2. The number of para-hydroxylation sites is 1. The Labute approximate surface area is 208 Å². The van der Waals surface area contributed by atoms with Crippen molar-refractivity contribution >= 4 is 34.4 Å². The summed E-state index contributed by atoms with van der Waals surface area (Å²) in [7, 11) is 0. The zero-order valence-corrected chi connectivity index (χ0v) is 20.3. The number of aromatic nitrogens is 5.